The Labute approximate surface area is 185 Å². The lowest BCUT2D eigenvalue weighted by molar-refractivity contribution is -0.104. The van der Waals surface area contributed by atoms with Crippen LogP contribution in [0.15, 0.2) is 36.4 Å². The maximum atomic E-state index is 11.7. The summed E-state index contributed by atoms with van der Waals surface area (Å²) in [4.78, 5) is 12.5. The van der Waals surface area contributed by atoms with Crippen LogP contribution in [0.1, 0.15) is 43.6 Å². The Kier molecular flexibility index (Phi) is 8.66. The molecule has 8 heteroatoms. The molecule has 172 valence electrons. The molecule has 0 spiro atoms. The number of aldehydes is 1. The van der Waals surface area contributed by atoms with E-state index in [1.807, 2.05) is 19.2 Å². The summed E-state index contributed by atoms with van der Waals surface area (Å²) in [6.45, 7) is 1.86. The maximum absolute atomic E-state index is 11.7. The fourth-order valence-electron chi connectivity index (χ4n) is 4.62. The first-order valence-corrected chi connectivity index (χ1v) is 12.9. The number of ether oxygens (including phenoxy) is 2. The zero-order valence-corrected chi connectivity index (χ0v) is 19.2. The van der Waals surface area contributed by atoms with E-state index in [1.54, 1.807) is 6.08 Å². The minimum absolute atomic E-state index is 0.0543. The van der Waals surface area contributed by atoms with Gasteiger partial charge in [-0.2, -0.15) is 0 Å². The number of likely N-dealkylation sites (N-methyl/N-ethyl adjacent to an activating group) is 1. The number of piperidine rings is 1. The number of rotatable bonds is 10. The molecule has 4 atom stereocenters. The van der Waals surface area contributed by atoms with Crippen LogP contribution in [-0.2, 0) is 19.6 Å². The fraction of sp³-hybridized carbons (Fsp3) is 0.609. The standard InChI is InChI=1S/C23H34N2O5S/c1-25-12-6-9-22(24-31(2,27)28)23(25)17-30-21-11-10-19(16-21)18-7-5-8-20(15-18)29-14-4-3-13-26/h3-5,7-8,13,15,19,21-24H,6,9-12,14,16-17H2,1-2H3/b4-3+. The van der Waals surface area contributed by atoms with Gasteiger partial charge in [-0.3, -0.25) is 9.69 Å². The molecule has 1 aromatic carbocycles. The van der Waals surface area contributed by atoms with Crippen LogP contribution < -0.4 is 9.46 Å². The smallest absolute Gasteiger partial charge is 0.209 e. The molecule has 31 heavy (non-hydrogen) atoms. The van der Waals surface area contributed by atoms with E-state index in [2.05, 4.69) is 21.8 Å². The fourth-order valence-corrected chi connectivity index (χ4v) is 5.45. The van der Waals surface area contributed by atoms with Crippen LogP contribution in [0.5, 0.6) is 5.75 Å². The number of nitrogens with one attached hydrogen (secondary N) is 1. The Morgan fingerprint density at radius 3 is 2.87 bits per heavy atom. The lowest BCUT2D eigenvalue weighted by Crippen LogP contribution is -2.56. The highest BCUT2D eigenvalue weighted by atomic mass is 32.2. The normalized spacial score (nSPS) is 27.5. The van der Waals surface area contributed by atoms with Gasteiger partial charge < -0.3 is 9.47 Å². The van der Waals surface area contributed by atoms with Crippen LogP contribution in [-0.4, -0.2) is 70.9 Å². The number of benzene rings is 1. The first-order valence-electron chi connectivity index (χ1n) is 11.0. The number of hydrogen-bond acceptors (Lipinski definition) is 6. The Bertz CT molecular complexity index is 857. The zero-order valence-electron chi connectivity index (χ0n) is 18.4. The molecule has 1 heterocycles. The molecular weight excluding hydrogens is 416 g/mol. The van der Waals surface area contributed by atoms with E-state index in [0.29, 0.717) is 19.1 Å². The number of allylic oxidation sites excluding steroid dienone is 1. The highest BCUT2D eigenvalue weighted by Gasteiger charge is 2.33. The SMILES string of the molecule is CN1CCCC(NS(C)(=O)=O)C1COC1CCC(c2cccc(OC/C=C/C=O)c2)C1. The van der Waals surface area contributed by atoms with Crippen LogP contribution in [0.25, 0.3) is 0 Å². The van der Waals surface area contributed by atoms with Crippen molar-refractivity contribution in [2.24, 2.45) is 0 Å². The Morgan fingerprint density at radius 1 is 1.26 bits per heavy atom. The van der Waals surface area contributed by atoms with Gasteiger partial charge in [0.25, 0.3) is 0 Å². The molecule has 3 rings (SSSR count). The van der Waals surface area contributed by atoms with E-state index in [9.17, 15) is 13.2 Å². The summed E-state index contributed by atoms with van der Waals surface area (Å²) in [6.07, 6.45) is 10.1. The van der Waals surface area contributed by atoms with E-state index >= 15 is 0 Å². The lowest BCUT2D eigenvalue weighted by atomic mass is 9.97. The van der Waals surface area contributed by atoms with E-state index in [1.165, 1.54) is 17.9 Å². The van der Waals surface area contributed by atoms with E-state index in [0.717, 1.165) is 50.7 Å². The summed E-state index contributed by atoms with van der Waals surface area (Å²) in [5, 5.41) is 0. The summed E-state index contributed by atoms with van der Waals surface area (Å²) in [7, 11) is -1.20. The molecule has 0 bridgehead atoms. The van der Waals surface area contributed by atoms with Crippen molar-refractivity contribution in [1.82, 2.24) is 9.62 Å². The van der Waals surface area contributed by atoms with Gasteiger partial charge in [0.15, 0.2) is 0 Å². The third-order valence-electron chi connectivity index (χ3n) is 6.20. The van der Waals surface area contributed by atoms with Gasteiger partial charge in [-0.1, -0.05) is 12.1 Å². The monoisotopic (exact) mass is 450 g/mol. The zero-order chi connectivity index (χ0) is 22.3. The average Bonchev–Trinajstić information content (AvgIpc) is 3.19. The number of carbonyl (C=O) groups is 1. The number of sulfonamides is 1. The molecule has 7 nitrogen and oxygen atoms in total. The number of likely N-dealkylation sites (tertiary alicyclic amines) is 1. The van der Waals surface area contributed by atoms with Gasteiger partial charge in [0.05, 0.1) is 19.0 Å². The molecule has 1 aliphatic heterocycles. The molecule has 1 N–H and O–H groups in total. The first-order chi connectivity index (χ1) is 14.9. The van der Waals surface area contributed by atoms with E-state index in [-0.39, 0.29) is 18.2 Å². The van der Waals surface area contributed by atoms with E-state index < -0.39 is 10.0 Å². The molecule has 2 fully saturated rings. The van der Waals surface area contributed by atoms with Crippen molar-refractivity contribution in [2.45, 2.75) is 56.2 Å². The number of hydrogen-bond donors (Lipinski definition) is 1. The summed E-state index contributed by atoms with van der Waals surface area (Å²) in [5.41, 5.74) is 1.24. The third-order valence-corrected chi connectivity index (χ3v) is 6.93. The van der Waals surface area contributed by atoms with Crippen LogP contribution in [0.4, 0.5) is 0 Å². The quantitative estimate of drug-likeness (QED) is 0.436. The second-order valence-electron chi connectivity index (χ2n) is 8.60. The minimum atomic E-state index is -3.24. The molecule has 1 saturated carbocycles. The Balaban J connectivity index is 1.52. The van der Waals surface area contributed by atoms with Crippen LogP contribution >= 0.6 is 0 Å². The lowest BCUT2D eigenvalue weighted by Gasteiger charge is -2.39. The van der Waals surface area contributed by atoms with Gasteiger partial charge in [-0.15, -0.1) is 0 Å². The minimum Gasteiger partial charge on any atom is -0.490 e. The average molecular weight is 451 g/mol. The second-order valence-corrected chi connectivity index (χ2v) is 10.4. The summed E-state index contributed by atoms with van der Waals surface area (Å²) in [6, 6.07) is 8.08. The van der Waals surface area contributed by atoms with Crippen molar-refractivity contribution < 1.29 is 22.7 Å². The predicted octanol–water partition coefficient (Wildman–Crippen LogP) is 2.49. The second kappa shape index (κ2) is 11.2. The van der Waals surface area contributed by atoms with Crippen LogP contribution in [0.3, 0.4) is 0 Å². The van der Waals surface area contributed by atoms with Gasteiger partial charge in [0, 0.05) is 12.1 Å². The van der Waals surface area contributed by atoms with Crippen molar-refractivity contribution in [1.29, 1.82) is 0 Å². The topological polar surface area (TPSA) is 84.9 Å². The number of nitrogens with zero attached hydrogens (tertiary/aromatic N) is 1. The number of carbonyl (C=O) groups excluding carboxylic acids is 1. The van der Waals surface area contributed by atoms with Crippen molar-refractivity contribution in [3.8, 4) is 5.75 Å². The van der Waals surface area contributed by atoms with Crippen LogP contribution in [0, 0.1) is 0 Å². The summed E-state index contributed by atoms with van der Waals surface area (Å²) < 4.78 is 38.2. The molecule has 2 aliphatic rings. The Morgan fingerprint density at radius 2 is 2.10 bits per heavy atom. The molecule has 1 aliphatic carbocycles. The van der Waals surface area contributed by atoms with Gasteiger partial charge in [-0.25, -0.2) is 13.1 Å². The van der Waals surface area contributed by atoms with Crippen LogP contribution in [0.2, 0.25) is 0 Å². The first kappa shape index (κ1) is 23.9. The molecule has 1 aromatic rings. The molecule has 4 unspecified atom stereocenters. The highest BCUT2D eigenvalue weighted by Crippen LogP contribution is 2.37. The highest BCUT2D eigenvalue weighted by molar-refractivity contribution is 7.88. The molecule has 1 saturated heterocycles. The van der Waals surface area contributed by atoms with Gasteiger partial charge in [0.1, 0.15) is 18.6 Å². The third kappa shape index (κ3) is 7.42. The summed E-state index contributed by atoms with van der Waals surface area (Å²) in [5.74, 6) is 1.23. The molecular formula is C23H34N2O5S. The molecule has 0 amide bonds. The Hall–Kier alpha value is -1.74. The van der Waals surface area contributed by atoms with Crippen molar-refractivity contribution >= 4 is 16.3 Å². The van der Waals surface area contributed by atoms with Gasteiger partial charge in [-0.05, 0) is 81.5 Å². The maximum Gasteiger partial charge on any atom is 0.209 e. The summed E-state index contributed by atoms with van der Waals surface area (Å²) >= 11 is 0. The molecule has 0 aromatic heterocycles. The van der Waals surface area contributed by atoms with Gasteiger partial charge >= 0.3 is 0 Å². The molecule has 0 radical (unpaired) electrons. The largest absolute Gasteiger partial charge is 0.490 e. The van der Waals surface area contributed by atoms with Gasteiger partial charge in [0.2, 0.25) is 10.0 Å². The van der Waals surface area contributed by atoms with Crippen molar-refractivity contribution in [3.05, 3.63) is 42.0 Å². The van der Waals surface area contributed by atoms with Crippen molar-refractivity contribution in [3.63, 3.8) is 0 Å². The van der Waals surface area contributed by atoms with E-state index in [4.69, 9.17) is 9.47 Å². The van der Waals surface area contributed by atoms with Crippen molar-refractivity contribution in [2.75, 3.05) is 33.1 Å². The predicted molar refractivity (Wildman–Crippen MR) is 121 cm³/mol.